The molecule has 0 saturated carbocycles. The Morgan fingerprint density at radius 2 is 2.00 bits per heavy atom. The summed E-state index contributed by atoms with van der Waals surface area (Å²) in [5, 5.41) is 13.7. The van der Waals surface area contributed by atoms with E-state index in [0.717, 1.165) is 21.9 Å². The zero-order chi connectivity index (χ0) is 19.4. The normalized spacial score (nSPS) is 10.6. The number of benzene rings is 2. The zero-order valence-corrected chi connectivity index (χ0v) is 14.7. The van der Waals surface area contributed by atoms with Crippen LogP contribution >= 0.6 is 0 Å². The first-order valence-corrected chi connectivity index (χ1v) is 8.22. The summed E-state index contributed by atoms with van der Waals surface area (Å²) in [6, 6.07) is 14.3. The standard InChI is InChI=1S/C21H18N2O4/c1-3-19(24)23-20-15(12-27-2)10-8-13-7-9-14(11-16(13)20)17-5-4-6-18(22-17)21(25)26/h3-11H,1,12H2,2H3,(H,23,24)(H,25,26). The maximum atomic E-state index is 11.9. The van der Waals surface area contributed by atoms with Crippen molar-refractivity contribution in [2.24, 2.45) is 0 Å². The third-order valence-electron chi connectivity index (χ3n) is 4.11. The average Bonchev–Trinajstić information content (AvgIpc) is 2.69. The van der Waals surface area contributed by atoms with Gasteiger partial charge in [-0.1, -0.05) is 36.9 Å². The van der Waals surface area contributed by atoms with Crippen LogP contribution in [0.25, 0.3) is 22.0 Å². The van der Waals surface area contributed by atoms with E-state index in [9.17, 15) is 9.59 Å². The van der Waals surface area contributed by atoms with Gasteiger partial charge in [0.05, 0.1) is 18.0 Å². The molecule has 0 aliphatic heterocycles. The largest absolute Gasteiger partial charge is 0.477 e. The molecule has 0 spiro atoms. The number of nitrogens with one attached hydrogen (secondary N) is 1. The Morgan fingerprint density at radius 3 is 2.70 bits per heavy atom. The van der Waals surface area contributed by atoms with Crippen LogP contribution in [0, 0.1) is 0 Å². The van der Waals surface area contributed by atoms with E-state index in [0.29, 0.717) is 18.0 Å². The molecular formula is C21H18N2O4. The Balaban J connectivity index is 2.18. The molecule has 0 saturated heterocycles. The molecule has 0 aliphatic carbocycles. The highest BCUT2D eigenvalue weighted by molar-refractivity contribution is 6.07. The summed E-state index contributed by atoms with van der Waals surface area (Å²) in [5.41, 5.74) is 2.71. The summed E-state index contributed by atoms with van der Waals surface area (Å²) in [7, 11) is 1.58. The van der Waals surface area contributed by atoms with E-state index in [1.54, 1.807) is 19.2 Å². The number of methoxy groups -OCH3 is 1. The van der Waals surface area contributed by atoms with Gasteiger partial charge in [0.1, 0.15) is 5.69 Å². The molecular weight excluding hydrogens is 344 g/mol. The first-order chi connectivity index (χ1) is 13.0. The van der Waals surface area contributed by atoms with E-state index in [1.807, 2.05) is 30.3 Å². The van der Waals surface area contributed by atoms with Gasteiger partial charge in [-0.3, -0.25) is 4.79 Å². The van der Waals surface area contributed by atoms with Crippen molar-refractivity contribution in [3.05, 3.63) is 72.4 Å². The van der Waals surface area contributed by atoms with E-state index in [2.05, 4.69) is 16.9 Å². The van der Waals surface area contributed by atoms with E-state index in [4.69, 9.17) is 9.84 Å². The monoisotopic (exact) mass is 362 g/mol. The smallest absolute Gasteiger partial charge is 0.354 e. The molecule has 27 heavy (non-hydrogen) atoms. The number of aromatic carboxylic acids is 1. The lowest BCUT2D eigenvalue weighted by Gasteiger charge is -2.14. The highest BCUT2D eigenvalue weighted by atomic mass is 16.5. The second-order valence-corrected chi connectivity index (χ2v) is 5.88. The van der Waals surface area contributed by atoms with Crippen LogP contribution in [-0.2, 0) is 16.1 Å². The number of amides is 1. The number of carbonyl (C=O) groups excluding carboxylic acids is 1. The lowest BCUT2D eigenvalue weighted by molar-refractivity contribution is -0.111. The van der Waals surface area contributed by atoms with Crippen molar-refractivity contribution in [2.75, 3.05) is 12.4 Å². The van der Waals surface area contributed by atoms with Gasteiger partial charge in [-0.15, -0.1) is 0 Å². The number of carboxylic acids is 1. The summed E-state index contributed by atoms with van der Waals surface area (Å²) >= 11 is 0. The van der Waals surface area contributed by atoms with E-state index in [1.165, 1.54) is 12.1 Å². The van der Waals surface area contributed by atoms with Crippen LogP contribution in [0.3, 0.4) is 0 Å². The Labute approximate surface area is 156 Å². The van der Waals surface area contributed by atoms with E-state index < -0.39 is 5.97 Å². The van der Waals surface area contributed by atoms with Crippen LogP contribution in [0.4, 0.5) is 5.69 Å². The van der Waals surface area contributed by atoms with Crippen LogP contribution < -0.4 is 5.32 Å². The van der Waals surface area contributed by atoms with Gasteiger partial charge in [-0.05, 0) is 29.7 Å². The molecule has 1 aromatic heterocycles. The quantitative estimate of drug-likeness (QED) is 0.650. The van der Waals surface area contributed by atoms with Crippen LogP contribution in [0.5, 0.6) is 0 Å². The fourth-order valence-corrected chi connectivity index (χ4v) is 2.84. The third-order valence-corrected chi connectivity index (χ3v) is 4.11. The Bertz CT molecular complexity index is 1040. The van der Waals surface area contributed by atoms with Crippen molar-refractivity contribution in [3.8, 4) is 11.3 Å². The van der Waals surface area contributed by atoms with Crippen LogP contribution in [0.2, 0.25) is 0 Å². The molecule has 6 nitrogen and oxygen atoms in total. The molecule has 0 radical (unpaired) electrons. The maximum absolute atomic E-state index is 11.9. The number of hydrogen-bond donors (Lipinski definition) is 2. The van der Waals surface area contributed by atoms with E-state index in [-0.39, 0.29) is 11.6 Å². The van der Waals surface area contributed by atoms with Crippen molar-refractivity contribution < 1.29 is 19.4 Å². The second kappa shape index (κ2) is 7.80. The Morgan fingerprint density at radius 1 is 1.22 bits per heavy atom. The summed E-state index contributed by atoms with van der Waals surface area (Å²) in [6.07, 6.45) is 1.21. The topological polar surface area (TPSA) is 88.5 Å². The number of pyridine rings is 1. The molecule has 136 valence electrons. The summed E-state index contributed by atoms with van der Waals surface area (Å²) in [5.74, 6) is -1.41. The number of aromatic nitrogens is 1. The number of hydrogen-bond acceptors (Lipinski definition) is 4. The minimum Gasteiger partial charge on any atom is -0.477 e. The first-order valence-electron chi connectivity index (χ1n) is 8.22. The second-order valence-electron chi connectivity index (χ2n) is 5.88. The van der Waals surface area contributed by atoms with Crippen molar-refractivity contribution in [2.45, 2.75) is 6.61 Å². The van der Waals surface area contributed by atoms with Crippen LogP contribution in [0.1, 0.15) is 16.1 Å². The molecule has 3 aromatic rings. The molecule has 6 heteroatoms. The Hall–Kier alpha value is -3.51. The van der Waals surface area contributed by atoms with Gasteiger partial charge < -0.3 is 15.2 Å². The number of anilines is 1. The number of carboxylic acid groups (broad SMARTS) is 1. The summed E-state index contributed by atoms with van der Waals surface area (Å²) in [6.45, 7) is 3.83. The zero-order valence-electron chi connectivity index (χ0n) is 14.7. The molecule has 0 fully saturated rings. The lowest BCUT2D eigenvalue weighted by atomic mass is 10.00. The van der Waals surface area contributed by atoms with Gasteiger partial charge in [0.15, 0.2) is 0 Å². The third kappa shape index (κ3) is 3.86. The van der Waals surface area contributed by atoms with Gasteiger partial charge >= 0.3 is 5.97 Å². The molecule has 0 unspecified atom stereocenters. The summed E-state index contributed by atoms with van der Waals surface area (Å²) < 4.78 is 5.23. The minimum atomic E-state index is -1.08. The predicted octanol–water partition coefficient (Wildman–Crippen LogP) is 3.87. The minimum absolute atomic E-state index is 0.0269. The fraction of sp³-hybridized carbons (Fsp3) is 0.0952. The molecule has 0 atom stereocenters. The molecule has 0 aliphatic rings. The van der Waals surface area contributed by atoms with Gasteiger partial charge in [-0.25, -0.2) is 9.78 Å². The molecule has 2 aromatic carbocycles. The van der Waals surface area contributed by atoms with Crippen molar-refractivity contribution in [1.82, 2.24) is 4.98 Å². The van der Waals surface area contributed by atoms with Crippen molar-refractivity contribution >= 4 is 28.3 Å². The van der Waals surface area contributed by atoms with Gasteiger partial charge in [0.2, 0.25) is 5.91 Å². The predicted molar refractivity (Wildman–Crippen MR) is 104 cm³/mol. The number of nitrogens with zero attached hydrogens (tertiary/aromatic N) is 1. The molecule has 0 bridgehead atoms. The highest BCUT2D eigenvalue weighted by Crippen LogP contribution is 2.32. The molecule has 3 rings (SSSR count). The van der Waals surface area contributed by atoms with Crippen LogP contribution in [-0.4, -0.2) is 29.1 Å². The first kappa shape index (κ1) is 18.3. The number of fused-ring (bicyclic) bond motifs is 1. The number of ether oxygens (including phenoxy) is 1. The lowest BCUT2D eigenvalue weighted by Crippen LogP contribution is -2.10. The van der Waals surface area contributed by atoms with Crippen molar-refractivity contribution in [3.63, 3.8) is 0 Å². The molecule has 1 heterocycles. The van der Waals surface area contributed by atoms with Gasteiger partial charge in [0.25, 0.3) is 0 Å². The van der Waals surface area contributed by atoms with Gasteiger partial charge in [-0.2, -0.15) is 0 Å². The SMILES string of the molecule is C=CC(=O)Nc1c(COC)ccc2ccc(-c3cccc(C(=O)O)n3)cc12. The van der Waals surface area contributed by atoms with Crippen molar-refractivity contribution in [1.29, 1.82) is 0 Å². The number of rotatable bonds is 6. The molecule has 1 amide bonds. The Kier molecular flexibility index (Phi) is 5.28. The molecule has 2 N–H and O–H groups in total. The van der Waals surface area contributed by atoms with E-state index >= 15 is 0 Å². The fourth-order valence-electron chi connectivity index (χ4n) is 2.84. The average molecular weight is 362 g/mol. The van der Waals surface area contributed by atoms with Crippen LogP contribution in [0.15, 0.2) is 61.2 Å². The highest BCUT2D eigenvalue weighted by Gasteiger charge is 2.12. The number of carbonyl (C=O) groups is 2. The van der Waals surface area contributed by atoms with Gasteiger partial charge in [0, 0.05) is 23.6 Å². The maximum Gasteiger partial charge on any atom is 0.354 e. The summed E-state index contributed by atoms with van der Waals surface area (Å²) in [4.78, 5) is 27.3.